The van der Waals surface area contributed by atoms with Crippen molar-refractivity contribution in [1.29, 1.82) is 0 Å². The fraction of sp³-hybridized carbons (Fsp3) is 0.471. The number of nitrogens with zero attached hydrogens (tertiary/aromatic N) is 1. The molecule has 21 heavy (non-hydrogen) atoms. The Labute approximate surface area is 131 Å². The van der Waals surface area contributed by atoms with Gasteiger partial charge in [-0.25, -0.2) is 4.98 Å². The smallest absolute Gasteiger partial charge is 0.123 e. The summed E-state index contributed by atoms with van der Waals surface area (Å²) in [6.45, 7) is 10.2. The van der Waals surface area contributed by atoms with Crippen molar-refractivity contribution in [2.24, 2.45) is 0 Å². The van der Waals surface area contributed by atoms with Crippen LogP contribution in [0.3, 0.4) is 0 Å². The molecule has 3 nitrogen and oxygen atoms in total. The zero-order valence-corrected chi connectivity index (χ0v) is 14.1. The third-order valence-corrected chi connectivity index (χ3v) is 4.73. The molecule has 1 N–H and O–H groups in total. The van der Waals surface area contributed by atoms with Gasteiger partial charge in [-0.05, 0) is 58.0 Å². The summed E-state index contributed by atoms with van der Waals surface area (Å²) in [6, 6.07) is 8.54. The minimum atomic E-state index is 0.360. The second-order valence-corrected chi connectivity index (χ2v) is 6.13. The molecule has 2 rings (SSSR count). The molecule has 0 bridgehead atoms. The van der Waals surface area contributed by atoms with Crippen LogP contribution in [0.15, 0.2) is 24.3 Å². The van der Waals surface area contributed by atoms with Gasteiger partial charge in [0.15, 0.2) is 0 Å². The highest BCUT2D eigenvalue weighted by Crippen LogP contribution is 2.32. The van der Waals surface area contributed by atoms with E-state index in [0.717, 1.165) is 35.0 Å². The predicted molar refractivity (Wildman–Crippen MR) is 90.2 cm³/mol. The average molecular weight is 304 g/mol. The number of aromatic nitrogens is 1. The summed E-state index contributed by atoms with van der Waals surface area (Å²) in [5, 5.41) is 4.61. The third kappa shape index (κ3) is 4.05. The first-order chi connectivity index (χ1) is 10.2. The molecule has 1 aromatic heterocycles. The molecular weight excluding hydrogens is 280 g/mol. The summed E-state index contributed by atoms with van der Waals surface area (Å²) in [7, 11) is 0. The number of thiazole rings is 1. The Morgan fingerprint density at radius 1 is 1.24 bits per heavy atom. The molecule has 0 saturated heterocycles. The molecule has 0 fully saturated rings. The monoisotopic (exact) mass is 304 g/mol. The molecule has 1 heterocycles. The summed E-state index contributed by atoms with van der Waals surface area (Å²) in [4.78, 5) is 6.05. The van der Waals surface area contributed by atoms with Gasteiger partial charge >= 0.3 is 0 Å². The van der Waals surface area contributed by atoms with Crippen LogP contribution in [-0.4, -0.2) is 18.1 Å². The quantitative estimate of drug-likeness (QED) is 0.813. The number of nitrogens with one attached hydrogen (secondary N) is 1. The first-order valence-electron chi connectivity index (χ1n) is 7.59. The maximum Gasteiger partial charge on any atom is 0.123 e. The van der Waals surface area contributed by atoms with Gasteiger partial charge in [0.2, 0.25) is 0 Å². The molecule has 1 atom stereocenters. The average Bonchev–Trinajstić information content (AvgIpc) is 2.88. The summed E-state index contributed by atoms with van der Waals surface area (Å²) in [6.07, 6.45) is 1.15. The van der Waals surface area contributed by atoms with Crippen LogP contribution in [0.1, 0.15) is 43.8 Å². The van der Waals surface area contributed by atoms with Crippen LogP contribution in [0.25, 0.3) is 10.6 Å². The number of hydrogen-bond acceptors (Lipinski definition) is 4. The van der Waals surface area contributed by atoms with Crippen molar-refractivity contribution in [3.63, 3.8) is 0 Å². The molecule has 4 heteroatoms. The van der Waals surface area contributed by atoms with Gasteiger partial charge in [0.1, 0.15) is 10.8 Å². The molecule has 0 aliphatic rings. The van der Waals surface area contributed by atoms with E-state index in [2.05, 4.69) is 38.2 Å². The summed E-state index contributed by atoms with van der Waals surface area (Å²) in [5.41, 5.74) is 2.28. The van der Waals surface area contributed by atoms with Crippen LogP contribution < -0.4 is 10.1 Å². The standard InChI is InChI=1S/C17H24N2OS/c1-5-11-18-12(3)16-13(4)19-17(21-16)14-7-9-15(10-8-14)20-6-2/h7-10,12,18H,5-6,11H2,1-4H3. The van der Waals surface area contributed by atoms with Crippen molar-refractivity contribution in [1.82, 2.24) is 10.3 Å². The number of hydrogen-bond donors (Lipinski definition) is 1. The highest BCUT2D eigenvalue weighted by Gasteiger charge is 2.14. The zero-order chi connectivity index (χ0) is 15.2. The van der Waals surface area contributed by atoms with Gasteiger partial charge in [0.05, 0.1) is 12.3 Å². The van der Waals surface area contributed by atoms with Crippen molar-refractivity contribution in [2.75, 3.05) is 13.2 Å². The fourth-order valence-corrected chi connectivity index (χ4v) is 3.35. The first kappa shape index (κ1) is 16.0. The van der Waals surface area contributed by atoms with Crippen molar-refractivity contribution in [2.45, 2.75) is 40.2 Å². The van der Waals surface area contributed by atoms with Crippen LogP contribution in [0.5, 0.6) is 5.75 Å². The molecule has 1 unspecified atom stereocenters. The van der Waals surface area contributed by atoms with E-state index in [9.17, 15) is 0 Å². The molecule has 0 aliphatic carbocycles. The Hall–Kier alpha value is -1.39. The van der Waals surface area contributed by atoms with E-state index in [0.29, 0.717) is 12.6 Å². The summed E-state index contributed by atoms with van der Waals surface area (Å²) in [5.74, 6) is 0.910. The van der Waals surface area contributed by atoms with Gasteiger partial charge in [0, 0.05) is 16.5 Å². The Morgan fingerprint density at radius 2 is 1.95 bits per heavy atom. The maximum absolute atomic E-state index is 5.48. The van der Waals surface area contributed by atoms with Crippen molar-refractivity contribution < 1.29 is 4.74 Å². The molecule has 114 valence electrons. The topological polar surface area (TPSA) is 34.1 Å². The first-order valence-corrected chi connectivity index (χ1v) is 8.41. The van der Waals surface area contributed by atoms with E-state index in [1.165, 1.54) is 4.88 Å². The van der Waals surface area contributed by atoms with Crippen molar-refractivity contribution in [3.05, 3.63) is 34.8 Å². The van der Waals surface area contributed by atoms with Crippen LogP contribution >= 0.6 is 11.3 Å². The Balaban J connectivity index is 2.17. The molecular formula is C17H24N2OS. The van der Waals surface area contributed by atoms with Crippen molar-refractivity contribution >= 4 is 11.3 Å². The van der Waals surface area contributed by atoms with Crippen LogP contribution in [0.2, 0.25) is 0 Å². The second kappa shape index (κ2) is 7.57. The lowest BCUT2D eigenvalue weighted by Crippen LogP contribution is -2.18. The van der Waals surface area contributed by atoms with E-state index in [4.69, 9.17) is 9.72 Å². The predicted octanol–water partition coefficient (Wildman–Crippen LogP) is 4.58. The largest absolute Gasteiger partial charge is 0.494 e. The second-order valence-electron chi connectivity index (χ2n) is 5.10. The normalized spacial score (nSPS) is 12.4. The lowest BCUT2D eigenvalue weighted by molar-refractivity contribution is 0.340. The summed E-state index contributed by atoms with van der Waals surface area (Å²) >= 11 is 1.78. The number of aryl methyl sites for hydroxylation is 1. The highest BCUT2D eigenvalue weighted by molar-refractivity contribution is 7.15. The third-order valence-electron chi connectivity index (χ3n) is 3.34. The highest BCUT2D eigenvalue weighted by atomic mass is 32.1. The van der Waals surface area contributed by atoms with Gasteiger partial charge in [0.25, 0.3) is 0 Å². The van der Waals surface area contributed by atoms with Gasteiger partial charge in [-0.15, -0.1) is 11.3 Å². The van der Waals surface area contributed by atoms with E-state index < -0.39 is 0 Å². The van der Waals surface area contributed by atoms with E-state index >= 15 is 0 Å². The molecule has 0 radical (unpaired) electrons. The van der Waals surface area contributed by atoms with E-state index in [1.54, 1.807) is 11.3 Å². The lowest BCUT2D eigenvalue weighted by atomic mass is 10.2. The molecule has 2 aromatic rings. The molecule has 1 aromatic carbocycles. The van der Waals surface area contributed by atoms with Crippen LogP contribution in [-0.2, 0) is 0 Å². The van der Waals surface area contributed by atoms with Gasteiger partial charge in [-0.2, -0.15) is 0 Å². The van der Waals surface area contributed by atoms with E-state index in [1.807, 2.05) is 19.1 Å². The van der Waals surface area contributed by atoms with E-state index in [-0.39, 0.29) is 0 Å². The maximum atomic E-state index is 5.48. The van der Waals surface area contributed by atoms with Gasteiger partial charge in [-0.3, -0.25) is 0 Å². The lowest BCUT2D eigenvalue weighted by Gasteiger charge is -2.11. The molecule has 0 aliphatic heterocycles. The SMILES string of the molecule is CCCNC(C)c1sc(-c2ccc(OCC)cc2)nc1C. The van der Waals surface area contributed by atoms with Crippen LogP contribution in [0, 0.1) is 6.92 Å². The van der Waals surface area contributed by atoms with Crippen LogP contribution in [0.4, 0.5) is 0 Å². The minimum absolute atomic E-state index is 0.360. The molecule has 0 spiro atoms. The number of ether oxygens (including phenoxy) is 1. The Bertz CT molecular complexity index is 563. The zero-order valence-electron chi connectivity index (χ0n) is 13.3. The van der Waals surface area contributed by atoms with Gasteiger partial charge in [-0.1, -0.05) is 6.92 Å². The Kier molecular flexibility index (Phi) is 5.76. The minimum Gasteiger partial charge on any atom is -0.494 e. The van der Waals surface area contributed by atoms with Crippen molar-refractivity contribution in [3.8, 4) is 16.3 Å². The van der Waals surface area contributed by atoms with Gasteiger partial charge < -0.3 is 10.1 Å². The molecule has 0 saturated carbocycles. The number of benzene rings is 1. The Morgan fingerprint density at radius 3 is 2.57 bits per heavy atom. The summed E-state index contributed by atoms with van der Waals surface area (Å²) < 4.78 is 5.48. The fourth-order valence-electron chi connectivity index (χ4n) is 2.25. The molecule has 0 amide bonds. The number of rotatable bonds is 7.